The first-order valence-corrected chi connectivity index (χ1v) is 5.01. The highest BCUT2D eigenvalue weighted by atomic mass is 19.1. The van der Waals surface area contributed by atoms with Crippen LogP contribution in [0.5, 0.6) is 0 Å². The van der Waals surface area contributed by atoms with Crippen molar-refractivity contribution >= 4 is 0 Å². The summed E-state index contributed by atoms with van der Waals surface area (Å²) in [5, 5.41) is 0. The Labute approximate surface area is 80.3 Å². The summed E-state index contributed by atoms with van der Waals surface area (Å²) in [4.78, 5) is 2.18. The van der Waals surface area contributed by atoms with Crippen molar-refractivity contribution in [2.24, 2.45) is 5.73 Å². The van der Waals surface area contributed by atoms with Gasteiger partial charge in [-0.1, -0.05) is 0 Å². The molecule has 1 saturated heterocycles. The van der Waals surface area contributed by atoms with Crippen LogP contribution in [0, 0.1) is 0 Å². The second-order valence-electron chi connectivity index (χ2n) is 5.05. The van der Waals surface area contributed by atoms with Crippen LogP contribution in [0.1, 0.15) is 33.6 Å². The quantitative estimate of drug-likeness (QED) is 0.676. The zero-order chi connectivity index (χ0) is 10.1. The van der Waals surface area contributed by atoms with E-state index in [1.165, 1.54) is 0 Å². The molecule has 2 N–H and O–H groups in total. The molecule has 0 bridgehead atoms. The Bertz CT molecular complexity index is 176. The molecule has 1 aliphatic rings. The number of alkyl halides is 1. The summed E-state index contributed by atoms with van der Waals surface area (Å²) in [7, 11) is 0. The maximum atomic E-state index is 13.9. The Balaban J connectivity index is 2.62. The molecule has 78 valence electrons. The number of piperidine rings is 1. The number of hydrogen-bond acceptors (Lipinski definition) is 2. The fraction of sp³-hybridized carbons (Fsp3) is 1.00. The lowest BCUT2D eigenvalue weighted by Crippen LogP contribution is -2.55. The van der Waals surface area contributed by atoms with E-state index in [-0.39, 0.29) is 12.1 Å². The van der Waals surface area contributed by atoms with Crippen LogP contribution in [0.2, 0.25) is 0 Å². The molecular weight excluding hydrogens is 167 g/mol. The minimum atomic E-state index is -1.15. The van der Waals surface area contributed by atoms with Crippen molar-refractivity contribution in [1.29, 1.82) is 0 Å². The smallest absolute Gasteiger partial charge is 0.135 e. The van der Waals surface area contributed by atoms with Gasteiger partial charge >= 0.3 is 0 Å². The molecule has 0 aromatic carbocycles. The molecule has 0 amide bonds. The first-order chi connectivity index (χ1) is 5.87. The summed E-state index contributed by atoms with van der Waals surface area (Å²) >= 11 is 0. The van der Waals surface area contributed by atoms with Crippen LogP contribution in [0.25, 0.3) is 0 Å². The molecule has 1 rings (SSSR count). The van der Waals surface area contributed by atoms with E-state index in [9.17, 15) is 4.39 Å². The van der Waals surface area contributed by atoms with Crippen molar-refractivity contribution in [3.63, 3.8) is 0 Å². The van der Waals surface area contributed by atoms with Crippen LogP contribution in [0.3, 0.4) is 0 Å². The largest absolute Gasteiger partial charge is 0.327 e. The number of rotatable bonds is 1. The molecule has 13 heavy (non-hydrogen) atoms. The van der Waals surface area contributed by atoms with Crippen molar-refractivity contribution in [1.82, 2.24) is 4.90 Å². The van der Waals surface area contributed by atoms with Gasteiger partial charge in [0, 0.05) is 18.6 Å². The summed E-state index contributed by atoms with van der Waals surface area (Å²) in [5.74, 6) is 0. The Kier molecular flexibility index (Phi) is 2.98. The second kappa shape index (κ2) is 3.54. The van der Waals surface area contributed by atoms with Gasteiger partial charge in [0.25, 0.3) is 0 Å². The van der Waals surface area contributed by atoms with Crippen LogP contribution in [-0.4, -0.2) is 35.7 Å². The number of likely N-dealkylation sites (tertiary alicyclic amines) is 1. The first-order valence-electron chi connectivity index (χ1n) is 5.01. The molecule has 1 fully saturated rings. The molecule has 1 heterocycles. The van der Waals surface area contributed by atoms with Gasteiger partial charge in [-0.2, -0.15) is 0 Å². The molecule has 1 aliphatic heterocycles. The predicted octanol–water partition coefficient (Wildman–Crippen LogP) is 1.55. The van der Waals surface area contributed by atoms with Crippen LogP contribution in [-0.2, 0) is 0 Å². The van der Waals surface area contributed by atoms with E-state index in [4.69, 9.17) is 5.73 Å². The van der Waals surface area contributed by atoms with Crippen molar-refractivity contribution in [2.45, 2.75) is 44.8 Å². The maximum absolute atomic E-state index is 13.9. The molecule has 2 nitrogen and oxygen atoms in total. The third-order valence-corrected chi connectivity index (χ3v) is 2.84. The molecule has 0 aromatic heterocycles. The van der Waals surface area contributed by atoms with Gasteiger partial charge in [0.1, 0.15) is 5.67 Å². The highest BCUT2D eigenvalue weighted by Crippen LogP contribution is 2.28. The first kappa shape index (κ1) is 10.9. The van der Waals surface area contributed by atoms with E-state index in [2.05, 4.69) is 25.7 Å². The lowest BCUT2D eigenvalue weighted by Gasteiger charge is -2.44. The zero-order valence-electron chi connectivity index (χ0n) is 8.94. The van der Waals surface area contributed by atoms with Crippen molar-refractivity contribution < 1.29 is 4.39 Å². The highest BCUT2D eigenvalue weighted by Gasteiger charge is 2.37. The summed E-state index contributed by atoms with van der Waals surface area (Å²) in [6.07, 6.45) is 1.54. The van der Waals surface area contributed by atoms with Crippen LogP contribution in [0.15, 0.2) is 0 Å². The summed E-state index contributed by atoms with van der Waals surface area (Å²) in [6, 6.07) is 0. The minimum absolute atomic E-state index is 0.0624. The summed E-state index contributed by atoms with van der Waals surface area (Å²) in [6.45, 7) is 8.00. The van der Waals surface area contributed by atoms with E-state index in [1.807, 2.05) is 0 Å². The number of nitrogens with zero attached hydrogens (tertiary/aromatic N) is 1. The fourth-order valence-electron chi connectivity index (χ4n) is 1.83. The minimum Gasteiger partial charge on any atom is -0.327 e. The monoisotopic (exact) mass is 188 g/mol. The van der Waals surface area contributed by atoms with Gasteiger partial charge in [-0.05, 0) is 40.2 Å². The predicted molar refractivity (Wildman–Crippen MR) is 53.5 cm³/mol. The van der Waals surface area contributed by atoms with E-state index in [1.54, 1.807) is 0 Å². The van der Waals surface area contributed by atoms with Crippen molar-refractivity contribution in [2.75, 3.05) is 19.6 Å². The van der Waals surface area contributed by atoms with Crippen LogP contribution < -0.4 is 5.73 Å². The van der Waals surface area contributed by atoms with Gasteiger partial charge < -0.3 is 5.73 Å². The molecule has 0 saturated carbocycles. The molecule has 0 aromatic rings. The molecule has 0 aliphatic carbocycles. The average molecular weight is 188 g/mol. The summed E-state index contributed by atoms with van der Waals surface area (Å²) < 4.78 is 13.9. The molecule has 1 unspecified atom stereocenters. The normalized spacial score (nSPS) is 32.1. The third-order valence-electron chi connectivity index (χ3n) is 2.84. The van der Waals surface area contributed by atoms with Gasteiger partial charge in [-0.3, -0.25) is 4.90 Å². The van der Waals surface area contributed by atoms with Crippen LogP contribution >= 0.6 is 0 Å². The number of hydrogen-bond donors (Lipinski definition) is 1. The topological polar surface area (TPSA) is 29.3 Å². The average Bonchev–Trinajstić information content (AvgIpc) is 2.03. The SMILES string of the molecule is CC(C)(C)N1CCCC(F)(CN)C1. The van der Waals surface area contributed by atoms with Crippen molar-refractivity contribution in [3.8, 4) is 0 Å². The lowest BCUT2D eigenvalue weighted by molar-refractivity contribution is 0.00503. The van der Waals surface area contributed by atoms with E-state index in [0.717, 1.165) is 13.0 Å². The van der Waals surface area contributed by atoms with E-state index in [0.29, 0.717) is 13.0 Å². The second-order valence-corrected chi connectivity index (χ2v) is 5.05. The van der Waals surface area contributed by atoms with Gasteiger partial charge in [-0.15, -0.1) is 0 Å². The van der Waals surface area contributed by atoms with Gasteiger partial charge in [0.05, 0.1) is 0 Å². The number of halogens is 1. The van der Waals surface area contributed by atoms with Gasteiger partial charge in [0.2, 0.25) is 0 Å². The van der Waals surface area contributed by atoms with Gasteiger partial charge in [0.15, 0.2) is 0 Å². The van der Waals surface area contributed by atoms with E-state index >= 15 is 0 Å². The van der Waals surface area contributed by atoms with Crippen molar-refractivity contribution in [3.05, 3.63) is 0 Å². The van der Waals surface area contributed by atoms with Crippen LogP contribution in [0.4, 0.5) is 4.39 Å². The standard InChI is InChI=1S/C10H21FN2/c1-9(2,3)13-6-4-5-10(11,7-12)8-13/h4-8,12H2,1-3H3. The Morgan fingerprint density at radius 2 is 2.08 bits per heavy atom. The maximum Gasteiger partial charge on any atom is 0.135 e. The molecule has 0 spiro atoms. The fourth-order valence-corrected chi connectivity index (χ4v) is 1.83. The lowest BCUT2D eigenvalue weighted by atomic mass is 9.91. The Morgan fingerprint density at radius 1 is 1.46 bits per heavy atom. The number of nitrogens with two attached hydrogens (primary N) is 1. The van der Waals surface area contributed by atoms with E-state index < -0.39 is 5.67 Å². The van der Waals surface area contributed by atoms with Gasteiger partial charge in [-0.25, -0.2) is 4.39 Å². The summed E-state index contributed by atoms with van der Waals surface area (Å²) in [5.41, 5.74) is 4.36. The Morgan fingerprint density at radius 3 is 2.54 bits per heavy atom. The molecule has 1 atom stereocenters. The highest BCUT2D eigenvalue weighted by molar-refractivity contribution is 4.92. The molecule has 3 heteroatoms. The molecule has 0 radical (unpaired) electrons. The third kappa shape index (κ3) is 2.64. The molecular formula is C10H21FN2. The Hall–Kier alpha value is -0.150. The zero-order valence-corrected chi connectivity index (χ0v) is 8.94.